The summed E-state index contributed by atoms with van der Waals surface area (Å²) in [5.41, 5.74) is 4.62. The van der Waals surface area contributed by atoms with E-state index in [-0.39, 0.29) is 17.8 Å². The molecule has 20 heavy (non-hydrogen) atoms. The molecule has 0 fully saturated rings. The fourth-order valence-electron chi connectivity index (χ4n) is 1.84. The Hall–Kier alpha value is -1.98. The quantitative estimate of drug-likeness (QED) is 0.307. The lowest BCUT2D eigenvalue weighted by Crippen LogP contribution is -2.50. The fraction of sp³-hybridized carbons (Fsp3) is 0.571. The van der Waals surface area contributed by atoms with E-state index in [1.165, 1.54) is 0 Å². The number of aryl methyl sites for hydroxylation is 1. The molecule has 0 aliphatic heterocycles. The molecule has 2 atom stereocenters. The molecule has 0 aromatic carbocycles. The predicted octanol–water partition coefficient (Wildman–Crippen LogP) is 1.88. The Bertz CT molecular complexity index is 456. The van der Waals surface area contributed by atoms with Crippen LogP contribution in [0.1, 0.15) is 39.4 Å². The van der Waals surface area contributed by atoms with Crippen LogP contribution in [0.25, 0.3) is 0 Å². The highest BCUT2D eigenvalue weighted by molar-refractivity contribution is 6.06. The van der Waals surface area contributed by atoms with E-state index in [2.05, 4.69) is 10.5 Å². The normalized spacial score (nSPS) is 16.4. The second-order valence-corrected chi connectivity index (χ2v) is 5.16. The van der Waals surface area contributed by atoms with E-state index in [1.807, 2.05) is 26.0 Å². The molecular weight excluding hydrogens is 258 g/mol. The highest BCUT2D eigenvalue weighted by atomic mass is 16.4. The van der Waals surface area contributed by atoms with Crippen molar-refractivity contribution in [2.24, 2.45) is 16.3 Å². The summed E-state index contributed by atoms with van der Waals surface area (Å²) in [5.74, 6) is 0.582. The monoisotopic (exact) mass is 281 g/mol. The number of hydrogen-bond acceptors (Lipinski definition) is 4. The lowest BCUT2D eigenvalue weighted by molar-refractivity contribution is -0.127. The maximum Gasteiger partial charge on any atom is 0.233 e. The van der Waals surface area contributed by atoms with Gasteiger partial charge in [-0.2, -0.15) is 0 Å². The molecule has 1 amide bonds. The number of hydrogen-bond donors (Lipinski definition) is 3. The number of nitrogens with one attached hydrogen (secondary N) is 1. The van der Waals surface area contributed by atoms with Crippen LogP contribution in [0.2, 0.25) is 0 Å². The first-order valence-corrected chi connectivity index (χ1v) is 6.75. The summed E-state index contributed by atoms with van der Waals surface area (Å²) in [6.07, 6.45) is 3.60. The molecule has 1 heterocycles. The number of furan rings is 1. The summed E-state index contributed by atoms with van der Waals surface area (Å²) < 4.78 is 5.25. The van der Waals surface area contributed by atoms with Gasteiger partial charge < -0.3 is 20.7 Å². The molecule has 6 nitrogen and oxygen atoms in total. The van der Waals surface area contributed by atoms with Crippen LogP contribution in [-0.4, -0.2) is 23.0 Å². The number of carbonyl (C=O) groups excluding carboxylic acids is 1. The molecule has 6 heteroatoms. The van der Waals surface area contributed by atoms with Crippen LogP contribution in [0.5, 0.6) is 0 Å². The number of nitrogens with two attached hydrogens (primary N) is 1. The van der Waals surface area contributed by atoms with Crippen molar-refractivity contribution in [2.45, 2.75) is 46.1 Å². The van der Waals surface area contributed by atoms with Crippen LogP contribution >= 0.6 is 0 Å². The summed E-state index contributed by atoms with van der Waals surface area (Å²) in [7, 11) is 0. The van der Waals surface area contributed by atoms with E-state index >= 15 is 0 Å². The summed E-state index contributed by atoms with van der Waals surface area (Å²) >= 11 is 0. The van der Waals surface area contributed by atoms with E-state index in [4.69, 9.17) is 15.4 Å². The number of nitrogens with zero attached hydrogens (tertiary/aromatic N) is 1. The number of oxime groups is 1. The third kappa shape index (κ3) is 3.76. The Morgan fingerprint density at radius 1 is 1.65 bits per heavy atom. The van der Waals surface area contributed by atoms with E-state index < -0.39 is 5.41 Å². The Kier molecular flexibility index (Phi) is 5.61. The Morgan fingerprint density at radius 2 is 2.35 bits per heavy atom. The third-order valence-corrected chi connectivity index (χ3v) is 3.66. The Labute approximate surface area is 119 Å². The second-order valence-electron chi connectivity index (χ2n) is 5.16. The number of amidine groups is 1. The minimum Gasteiger partial charge on any atom is -0.469 e. The molecule has 0 saturated heterocycles. The molecule has 1 aromatic heterocycles. The lowest BCUT2D eigenvalue weighted by Gasteiger charge is -2.27. The zero-order chi connectivity index (χ0) is 15.2. The third-order valence-electron chi connectivity index (χ3n) is 3.66. The highest BCUT2D eigenvalue weighted by Crippen LogP contribution is 2.22. The van der Waals surface area contributed by atoms with Gasteiger partial charge in [0.05, 0.1) is 6.26 Å². The topological polar surface area (TPSA) is 101 Å². The first kappa shape index (κ1) is 16.1. The first-order chi connectivity index (χ1) is 9.43. The van der Waals surface area contributed by atoms with Crippen molar-refractivity contribution in [1.29, 1.82) is 0 Å². The van der Waals surface area contributed by atoms with Crippen LogP contribution in [0.3, 0.4) is 0 Å². The van der Waals surface area contributed by atoms with Crippen LogP contribution in [-0.2, 0) is 11.2 Å². The summed E-state index contributed by atoms with van der Waals surface area (Å²) in [4.78, 5) is 12.3. The largest absolute Gasteiger partial charge is 0.469 e. The van der Waals surface area contributed by atoms with Crippen molar-refractivity contribution in [1.82, 2.24) is 5.32 Å². The number of rotatable bonds is 7. The van der Waals surface area contributed by atoms with Gasteiger partial charge in [0.2, 0.25) is 5.91 Å². The molecule has 0 aliphatic carbocycles. The minimum atomic E-state index is -0.992. The van der Waals surface area contributed by atoms with Crippen LogP contribution in [0, 0.1) is 5.41 Å². The van der Waals surface area contributed by atoms with Gasteiger partial charge in [-0.15, -0.1) is 0 Å². The average molecular weight is 281 g/mol. The Morgan fingerprint density at radius 3 is 2.85 bits per heavy atom. The van der Waals surface area contributed by atoms with Crippen molar-refractivity contribution < 1.29 is 14.4 Å². The molecule has 0 aliphatic rings. The molecule has 112 valence electrons. The van der Waals surface area contributed by atoms with Gasteiger partial charge >= 0.3 is 0 Å². The fourth-order valence-corrected chi connectivity index (χ4v) is 1.84. The average Bonchev–Trinajstić information content (AvgIpc) is 2.96. The van der Waals surface area contributed by atoms with Crippen LogP contribution in [0.15, 0.2) is 28.0 Å². The highest BCUT2D eigenvalue weighted by Gasteiger charge is 2.36. The van der Waals surface area contributed by atoms with Crippen LogP contribution in [0.4, 0.5) is 0 Å². The molecule has 0 saturated carbocycles. The molecule has 4 N–H and O–H groups in total. The molecule has 0 bridgehead atoms. The number of amides is 1. The Balaban J connectivity index is 2.55. The standard InChI is InChI=1S/C14H23N3O3/c1-4-14(3,12(15)17-19)13(18)16-10(2)7-8-11-6-5-9-20-11/h5-6,9-10,19H,4,7-8H2,1-3H3,(H2,15,17)(H,16,18). The van der Waals surface area contributed by atoms with Crippen LogP contribution < -0.4 is 11.1 Å². The molecular formula is C14H23N3O3. The van der Waals surface area contributed by atoms with Gasteiger partial charge in [-0.1, -0.05) is 12.1 Å². The maximum atomic E-state index is 12.3. The van der Waals surface area contributed by atoms with Crippen molar-refractivity contribution in [3.05, 3.63) is 24.2 Å². The van der Waals surface area contributed by atoms with E-state index in [9.17, 15) is 4.79 Å². The van der Waals surface area contributed by atoms with E-state index in [1.54, 1.807) is 13.2 Å². The van der Waals surface area contributed by atoms with Crippen molar-refractivity contribution >= 4 is 11.7 Å². The van der Waals surface area contributed by atoms with Gasteiger partial charge in [0.1, 0.15) is 11.2 Å². The van der Waals surface area contributed by atoms with E-state index in [0.29, 0.717) is 6.42 Å². The summed E-state index contributed by atoms with van der Waals surface area (Å²) in [6.45, 7) is 5.41. The summed E-state index contributed by atoms with van der Waals surface area (Å²) in [5, 5.41) is 14.6. The second kappa shape index (κ2) is 6.98. The van der Waals surface area contributed by atoms with Gasteiger partial charge in [0.25, 0.3) is 0 Å². The zero-order valence-electron chi connectivity index (χ0n) is 12.2. The molecule has 0 radical (unpaired) electrons. The predicted molar refractivity (Wildman–Crippen MR) is 76.4 cm³/mol. The van der Waals surface area contributed by atoms with Gasteiger partial charge in [0, 0.05) is 12.5 Å². The SMILES string of the molecule is CCC(C)(C(=O)NC(C)CCc1ccco1)/C(N)=N/O. The van der Waals surface area contributed by atoms with Crippen molar-refractivity contribution in [3.63, 3.8) is 0 Å². The molecule has 2 unspecified atom stereocenters. The van der Waals surface area contributed by atoms with Gasteiger partial charge in [-0.05, 0) is 38.8 Å². The number of carbonyl (C=O) groups is 1. The zero-order valence-corrected chi connectivity index (χ0v) is 12.2. The maximum absolute atomic E-state index is 12.3. The van der Waals surface area contributed by atoms with Crippen molar-refractivity contribution in [2.75, 3.05) is 0 Å². The van der Waals surface area contributed by atoms with E-state index in [0.717, 1.165) is 18.6 Å². The summed E-state index contributed by atoms with van der Waals surface area (Å²) in [6, 6.07) is 3.72. The van der Waals surface area contributed by atoms with Gasteiger partial charge in [-0.3, -0.25) is 4.79 Å². The molecule has 1 aromatic rings. The first-order valence-electron chi connectivity index (χ1n) is 6.75. The smallest absolute Gasteiger partial charge is 0.233 e. The van der Waals surface area contributed by atoms with Gasteiger partial charge in [-0.25, -0.2) is 0 Å². The van der Waals surface area contributed by atoms with Crippen molar-refractivity contribution in [3.8, 4) is 0 Å². The minimum absolute atomic E-state index is 0.0232. The van der Waals surface area contributed by atoms with Gasteiger partial charge in [0.15, 0.2) is 5.84 Å². The lowest BCUT2D eigenvalue weighted by atomic mass is 9.85. The molecule has 0 spiro atoms. The molecule has 1 rings (SSSR count).